The molecule has 116 valence electrons. The van der Waals surface area contributed by atoms with E-state index in [9.17, 15) is 0 Å². The summed E-state index contributed by atoms with van der Waals surface area (Å²) in [6.45, 7) is 3.36. The van der Waals surface area contributed by atoms with Gasteiger partial charge in [0.15, 0.2) is 0 Å². The summed E-state index contributed by atoms with van der Waals surface area (Å²) in [6, 6.07) is 0.450. The Hall–Kier alpha value is -0.340. The van der Waals surface area contributed by atoms with Crippen molar-refractivity contribution in [2.45, 2.75) is 89.2 Å². The van der Waals surface area contributed by atoms with Crippen LogP contribution in [0.15, 0.2) is 11.6 Å². The highest BCUT2D eigenvalue weighted by atomic mass is 16.5. The molecular weight excluding hydrogens is 246 g/mol. The molecule has 0 saturated heterocycles. The minimum absolute atomic E-state index is 0.0504. The molecule has 2 heteroatoms. The predicted octanol–water partition coefficient (Wildman–Crippen LogP) is 4.59. The lowest BCUT2D eigenvalue weighted by Gasteiger charge is -2.42. The molecule has 0 aromatic heterocycles. The minimum atomic E-state index is 0.0504. The Bertz CT molecular complexity index is 303. The van der Waals surface area contributed by atoms with Crippen LogP contribution in [-0.2, 0) is 4.74 Å². The Morgan fingerprint density at radius 3 is 2.45 bits per heavy atom. The van der Waals surface area contributed by atoms with Crippen molar-refractivity contribution in [3.63, 3.8) is 0 Å². The van der Waals surface area contributed by atoms with Gasteiger partial charge in [0.05, 0.1) is 11.6 Å². The predicted molar refractivity (Wildman–Crippen MR) is 86.1 cm³/mol. The number of rotatable bonds is 6. The molecule has 2 aliphatic carbocycles. The van der Waals surface area contributed by atoms with E-state index in [4.69, 9.17) is 4.74 Å². The van der Waals surface area contributed by atoms with Crippen molar-refractivity contribution >= 4 is 0 Å². The van der Waals surface area contributed by atoms with Crippen LogP contribution >= 0.6 is 0 Å². The third-order valence-corrected chi connectivity index (χ3v) is 5.18. The quantitative estimate of drug-likeness (QED) is 0.567. The molecule has 20 heavy (non-hydrogen) atoms. The Labute approximate surface area is 125 Å². The van der Waals surface area contributed by atoms with E-state index in [0.29, 0.717) is 6.04 Å². The molecule has 1 atom stereocenters. The van der Waals surface area contributed by atoms with E-state index in [1.165, 1.54) is 70.6 Å². The molecule has 0 radical (unpaired) electrons. The van der Waals surface area contributed by atoms with E-state index in [1.54, 1.807) is 5.57 Å². The first-order valence-corrected chi connectivity index (χ1v) is 8.80. The van der Waals surface area contributed by atoms with Crippen LogP contribution in [0.1, 0.15) is 77.6 Å². The van der Waals surface area contributed by atoms with Crippen LogP contribution in [0.4, 0.5) is 0 Å². The minimum Gasteiger partial charge on any atom is -0.376 e. The van der Waals surface area contributed by atoms with Crippen molar-refractivity contribution in [1.29, 1.82) is 0 Å². The zero-order valence-electron chi connectivity index (χ0n) is 13.5. The molecule has 2 nitrogen and oxygen atoms in total. The molecule has 1 N–H and O–H groups in total. The fourth-order valence-electron chi connectivity index (χ4n) is 4.01. The lowest BCUT2D eigenvalue weighted by molar-refractivity contribution is -0.0444. The summed E-state index contributed by atoms with van der Waals surface area (Å²) < 4.78 is 6.17. The number of hydrogen-bond acceptors (Lipinski definition) is 2. The van der Waals surface area contributed by atoms with Gasteiger partial charge in [0.2, 0.25) is 0 Å². The summed E-state index contributed by atoms with van der Waals surface area (Å²) >= 11 is 0. The summed E-state index contributed by atoms with van der Waals surface area (Å²) in [5, 5.41) is 3.84. The molecule has 0 aliphatic heterocycles. The summed E-state index contributed by atoms with van der Waals surface area (Å²) in [5.41, 5.74) is 1.68. The maximum Gasteiger partial charge on any atom is 0.0869 e. The monoisotopic (exact) mass is 279 g/mol. The van der Waals surface area contributed by atoms with Gasteiger partial charge in [-0.15, -0.1) is 0 Å². The largest absolute Gasteiger partial charge is 0.376 e. The van der Waals surface area contributed by atoms with Crippen LogP contribution in [0.5, 0.6) is 0 Å². The van der Waals surface area contributed by atoms with E-state index in [0.717, 1.165) is 6.54 Å². The van der Waals surface area contributed by atoms with Crippen molar-refractivity contribution < 1.29 is 4.74 Å². The molecule has 0 bridgehead atoms. The van der Waals surface area contributed by atoms with Crippen molar-refractivity contribution in [2.75, 3.05) is 13.7 Å². The summed E-state index contributed by atoms with van der Waals surface area (Å²) in [5.74, 6) is 0. The Morgan fingerprint density at radius 2 is 1.90 bits per heavy atom. The maximum atomic E-state index is 6.17. The van der Waals surface area contributed by atoms with Gasteiger partial charge in [-0.25, -0.2) is 0 Å². The summed E-state index contributed by atoms with van der Waals surface area (Å²) in [4.78, 5) is 0. The fourth-order valence-corrected chi connectivity index (χ4v) is 4.01. The highest BCUT2D eigenvalue weighted by Crippen LogP contribution is 2.38. The second-order valence-corrected chi connectivity index (χ2v) is 6.60. The van der Waals surface area contributed by atoms with E-state index >= 15 is 0 Å². The summed E-state index contributed by atoms with van der Waals surface area (Å²) in [6.07, 6.45) is 16.8. The number of ether oxygens (including phenoxy) is 1. The van der Waals surface area contributed by atoms with Gasteiger partial charge in [0, 0.05) is 7.11 Å². The molecule has 2 aliphatic rings. The van der Waals surface area contributed by atoms with Gasteiger partial charge in [-0.2, -0.15) is 0 Å². The number of hydrogen-bond donors (Lipinski definition) is 1. The van der Waals surface area contributed by atoms with Crippen molar-refractivity contribution in [2.24, 2.45) is 0 Å². The second kappa shape index (κ2) is 8.19. The van der Waals surface area contributed by atoms with Crippen LogP contribution in [-0.4, -0.2) is 25.3 Å². The molecule has 1 fully saturated rings. The highest BCUT2D eigenvalue weighted by Gasteiger charge is 2.40. The van der Waals surface area contributed by atoms with E-state index in [-0.39, 0.29) is 5.60 Å². The van der Waals surface area contributed by atoms with Gasteiger partial charge in [0.25, 0.3) is 0 Å². The van der Waals surface area contributed by atoms with Crippen LogP contribution in [0, 0.1) is 0 Å². The first-order chi connectivity index (χ1) is 9.82. The van der Waals surface area contributed by atoms with Crippen LogP contribution in [0.2, 0.25) is 0 Å². The van der Waals surface area contributed by atoms with Crippen LogP contribution in [0.25, 0.3) is 0 Å². The van der Waals surface area contributed by atoms with Gasteiger partial charge in [-0.05, 0) is 51.5 Å². The second-order valence-electron chi connectivity index (χ2n) is 6.60. The van der Waals surface area contributed by atoms with E-state index in [2.05, 4.69) is 18.3 Å². The molecule has 1 saturated carbocycles. The molecule has 1 unspecified atom stereocenters. The summed E-state index contributed by atoms with van der Waals surface area (Å²) in [7, 11) is 1.94. The third kappa shape index (κ3) is 3.85. The van der Waals surface area contributed by atoms with Crippen molar-refractivity contribution in [1.82, 2.24) is 5.32 Å². The smallest absolute Gasteiger partial charge is 0.0869 e. The number of allylic oxidation sites excluding steroid dienone is 1. The average Bonchev–Trinajstić information content (AvgIpc) is 2.75. The molecular formula is C18H33NO. The van der Waals surface area contributed by atoms with Gasteiger partial charge < -0.3 is 10.1 Å². The Balaban J connectivity index is 2.19. The zero-order valence-corrected chi connectivity index (χ0v) is 13.5. The average molecular weight is 279 g/mol. The third-order valence-electron chi connectivity index (χ3n) is 5.18. The highest BCUT2D eigenvalue weighted by molar-refractivity contribution is 5.20. The topological polar surface area (TPSA) is 21.3 Å². The Morgan fingerprint density at radius 1 is 1.15 bits per heavy atom. The molecule has 0 aromatic rings. The van der Waals surface area contributed by atoms with Crippen LogP contribution < -0.4 is 5.32 Å². The number of nitrogens with one attached hydrogen (secondary N) is 1. The van der Waals surface area contributed by atoms with Gasteiger partial charge in [-0.1, -0.05) is 44.3 Å². The molecule has 2 rings (SSSR count). The molecule has 0 spiro atoms. The Kier molecular flexibility index (Phi) is 6.57. The number of methoxy groups -OCH3 is 1. The standard InChI is InChI=1S/C18H33NO/c1-3-15-19-17(16-11-7-6-8-12-16)18(20-2)13-9-4-5-10-14-18/h11,17,19H,3-10,12-15H2,1-2H3. The van der Waals surface area contributed by atoms with Crippen molar-refractivity contribution in [3.05, 3.63) is 11.6 Å². The normalized spacial score (nSPS) is 24.8. The lowest BCUT2D eigenvalue weighted by atomic mass is 9.78. The first-order valence-electron chi connectivity index (χ1n) is 8.80. The van der Waals surface area contributed by atoms with E-state index < -0.39 is 0 Å². The SMILES string of the molecule is CCCNC(C1=CCCCC1)C1(OC)CCCCCC1. The molecule has 0 amide bonds. The lowest BCUT2D eigenvalue weighted by Crippen LogP contribution is -2.53. The van der Waals surface area contributed by atoms with Gasteiger partial charge in [-0.3, -0.25) is 0 Å². The first kappa shape index (κ1) is 16.0. The maximum absolute atomic E-state index is 6.17. The van der Waals surface area contributed by atoms with E-state index in [1.807, 2.05) is 7.11 Å². The molecule has 0 aromatic carbocycles. The van der Waals surface area contributed by atoms with Gasteiger partial charge >= 0.3 is 0 Å². The molecule has 0 heterocycles. The van der Waals surface area contributed by atoms with Gasteiger partial charge in [0.1, 0.15) is 0 Å². The fraction of sp³-hybridized carbons (Fsp3) is 0.889. The van der Waals surface area contributed by atoms with Crippen LogP contribution in [0.3, 0.4) is 0 Å². The zero-order chi connectivity index (χ0) is 14.3. The van der Waals surface area contributed by atoms with Crippen molar-refractivity contribution in [3.8, 4) is 0 Å².